The number of thiophene rings is 1. The Balaban J connectivity index is 1.64. The second-order valence-electron chi connectivity index (χ2n) is 8.47. The lowest BCUT2D eigenvalue weighted by molar-refractivity contribution is 0.0331. The molecule has 2 fully saturated rings. The zero-order chi connectivity index (χ0) is 20.5. The fourth-order valence-electron chi connectivity index (χ4n) is 4.40. The Bertz CT molecular complexity index is 849. The topological polar surface area (TPSA) is 65.0 Å². The second-order valence-corrected chi connectivity index (χ2v) is 9.67. The molecule has 0 radical (unpaired) electrons. The van der Waals surface area contributed by atoms with Gasteiger partial charge < -0.3 is 14.7 Å². The number of β-amino-alcohol motifs (C(OH)–C–C–N with tert-alkyl or cyclic N) is 1. The van der Waals surface area contributed by atoms with Crippen LogP contribution < -0.4 is 4.90 Å². The molecule has 29 heavy (non-hydrogen) atoms. The average molecular weight is 420 g/mol. The normalized spacial score (nSPS) is 23.1. The lowest BCUT2D eigenvalue weighted by Gasteiger charge is -2.41. The minimum Gasteiger partial charge on any atom is -0.392 e. The first kappa shape index (κ1) is 20.9. The predicted octanol–water partition coefficient (Wildman–Crippen LogP) is 2.03. The third kappa shape index (κ3) is 4.56. The van der Waals surface area contributed by atoms with Gasteiger partial charge in [0.15, 0.2) is 0 Å². The third-order valence-electron chi connectivity index (χ3n) is 6.03. The smallest absolute Gasteiger partial charge is 0.146 e. The van der Waals surface area contributed by atoms with E-state index in [4.69, 9.17) is 14.7 Å². The van der Waals surface area contributed by atoms with E-state index >= 15 is 0 Å². The number of anilines is 1. The Morgan fingerprint density at radius 2 is 1.90 bits per heavy atom. The molecule has 2 aliphatic rings. The second kappa shape index (κ2) is 8.81. The number of aliphatic hydroxyl groups excluding tert-OH is 1. The van der Waals surface area contributed by atoms with Crippen molar-refractivity contribution in [1.82, 2.24) is 19.8 Å². The standard InChI is InChI=1S/C21H33N5O2S/c1-14-11-25(12-15(2)27)5-6-26(14)20-19-16(3)17(4)29-21(19)23-18(22-20)13-24-7-9-28-10-8-24/h14-15,27H,5-13H2,1-4H3. The average Bonchev–Trinajstić information content (AvgIpc) is 2.96. The van der Waals surface area contributed by atoms with Crippen LogP contribution in [0.3, 0.4) is 0 Å². The zero-order valence-corrected chi connectivity index (χ0v) is 18.8. The van der Waals surface area contributed by atoms with Crippen LogP contribution in [0.4, 0.5) is 5.82 Å². The summed E-state index contributed by atoms with van der Waals surface area (Å²) in [4.78, 5) is 19.6. The summed E-state index contributed by atoms with van der Waals surface area (Å²) in [6.45, 7) is 16.3. The lowest BCUT2D eigenvalue weighted by Crippen LogP contribution is -2.53. The van der Waals surface area contributed by atoms with Gasteiger partial charge in [0.2, 0.25) is 0 Å². The van der Waals surface area contributed by atoms with Gasteiger partial charge in [-0.15, -0.1) is 11.3 Å². The van der Waals surface area contributed by atoms with Gasteiger partial charge in [-0.2, -0.15) is 0 Å². The molecule has 2 aromatic rings. The Hall–Kier alpha value is -1.32. The number of aryl methyl sites for hydroxylation is 2. The summed E-state index contributed by atoms with van der Waals surface area (Å²) < 4.78 is 5.49. The molecule has 0 bridgehead atoms. The van der Waals surface area contributed by atoms with Gasteiger partial charge >= 0.3 is 0 Å². The van der Waals surface area contributed by atoms with Crippen molar-refractivity contribution in [2.75, 3.05) is 57.4 Å². The van der Waals surface area contributed by atoms with Gasteiger partial charge in [0.1, 0.15) is 16.5 Å². The molecular weight excluding hydrogens is 386 g/mol. The van der Waals surface area contributed by atoms with E-state index in [1.165, 1.54) is 15.8 Å². The molecule has 4 rings (SSSR count). The molecule has 0 saturated carbocycles. The molecule has 1 N–H and O–H groups in total. The summed E-state index contributed by atoms with van der Waals surface area (Å²) in [6, 6.07) is 0.344. The quantitative estimate of drug-likeness (QED) is 0.795. The van der Waals surface area contributed by atoms with E-state index in [1.807, 2.05) is 6.92 Å². The molecule has 0 amide bonds. The van der Waals surface area contributed by atoms with Crippen LogP contribution in [0.2, 0.25) is 0 Å². The van der Waals surface area contributed by atoms with Crippen LogP contribution in [0, 0.1) is 13.8 Å². The van der Waals surface area contributed by atoms with E-state index < -0.39 is 0 Å². The van der Waals surface area contributed by atoms with Crippen LogP contribution in [0.15, 0.2) is 0 Å². The van der Waals surface area contributed by atoms with Crippen molar-refractivity contribution in [2.24, 2.45) is 0 Å². The summed E-state index contributed by atoms with van der Waals surface area (Å²) >= 11 is 1.78. The lowest BCUT2D eigenvalue weighted by atomic mass is 10.1. The van der Waals surface area contributed by atoms with Gasteiger partial charge in [-0.3, -0.25) is 9.80 Å². The SMILES string of the molecule is Cc1sc2nc(CN3CCOCC3)nc(N3CCN(CC(C)O)CC3C)c2c1C. The number of hydrogen-bond acceptors (Lipinski definition) is 8. The van der Waals surface area contributed by atoms with Crippen molar-refractivity contribution in [1.29, 1.82) is 0 Å². The van der Waals surface area contributed by atoms with Gasteiger partial charge in [-0.25, -0.2) is 9.97 Å². The molecular formula is C21H33N5O2S. The highest BCUT2D eigenvalue weighted by molar-refractivity contribution is 7.18. The van der Waals surface area contributed by atoms with E-state index in [0.717, 1.165) is 75.5 Å². The van der Waals surface area contributed by atoms with Crippen molar-refractivity contribution in [3.05, 3.63) is 16.3 Å². The fraction of sp³-hybridized carbons (Fsp3) is 0.714. The minimum atomic E-state index is -0.290. The molecule has 4 heterocycles. The van der Waals surface area contributed by atoms with Crippen LogP contribution in [-0.4, -0.2) is 89.5 Å². The first-order chi connectivity index (χ1) is 13.9. The first-order valence-corrected chi connectivity index (χ1v) is 11.5. The van der Waals surface area contributed by atoms with Gasteiger partial charge in [-0.1, -0.05) is 0 Å². The van der Waals surface area contributed by atoms with Gasteiger partial charge in [-0.05, 0) is 33.3 Å². The van der Waals surface area contributed by atoms with Crippen molar-refractivity contribution in [3.63, 3.8) is 0 Å². The van der Waals surface area contributed by atoms with Gasteiger partial charge in [0.05, 0.1) is 31.2 Å². The van der Waals surface area contributed by atoms with Crippen molar-refractivity contribution in [2.45, 2.75) is 46.4 Å². The maximum atomic E-state index is 9.76. The number of rotatable bonds is 5. The number of nitrogens with zero attached hydrogens (tertiary/aromatic N) is 5. The van der Waals surface area contributed by atoms with E-state index in [-0.39, 0.29) is 6.10 Å². The van der Waals surface area contributed by atoms with Crippen LogP contribution in [0.1, 0.15) is 30.1 Å². The van der Waals surface area contributed by atoms with E-state index in [2.05, 4.69) is 35.5 Å². The highest BCUT2D eigenvalue weighted by atomic mass is 32.1. The summed E-state index contributed by atoms with van der Waals surface area (Å²) in [6.07, 6.45) is -0.290. The number of morpholine rings is 1. The predicted molar refractivity (Wildman–Crippen MR) is 118 cm³/mol. The maximum Gasteiger partial charge on any atom is 0.146 e. The van der Waals surface area contributed by atoms with E-state index in [9.17, 15) is 5.11 Å². The molecule has 2 saturated heterocycles. The molecule has 0 aliphatic carbocycles. The molecule has 8 heteroatoms. The molecule has 2 aromatic heterocycles. The van der Waals surface area contributed by atoms with Crippen LogP contribution in [0.5, 0.6) is 0 Å². The number of fused-ring (bicyclic) bond motifs is 1. The van der Waals surface area contributed by atoms with Crippen LogP contribution >= 0.6 is 11.3 Å². The summed E-state index contributed by atoms with van der Waals surface area (Å²) in [5.41, 5.74) is 1.30. The Kier molecular flexibility index (Phi) is 6.36. The van der Waals surface area contributed by atoms with E-state index in [1.54, 1.807) is 11.3 Å². The zero-order valence-electron chi connectivity index (χ0n) is 18.0. The van der Waals surface area contributed by atoms with Gasteiger partial charge in [0, 0.05) is 50.2 Å². The fourth-order valence-corrected chi connectivity index (χ4v) is 5.44. The Labute approximate surface area is 177 Å². The third-order valence-corrected chi connectivity index (χ3v) is 7.13. The maximum absolute atomic E-state index is 9.76. The monoisotopic (exact) mass is 419 g/mol. The number of aliphatic hydroxyl groups is 1. The highest BCUT2D eigenvalue weighted by Gasteiger charge is 2.28. The largest absolute Gasteiger partial charge is 0.392 e. The van der Waals surface area contributed by atoms with Crippen molar-refractivity contribution >= 4 is 27.4 Å². The van der Waals surface area contributed by atoms with Crippen molar-refractivity contribution < 1.29 is 9.84 Å². The first-order valence-electron chi connectivity index (χ1n) is 10.7. The minimum absolute atomic E-state index is 0.290. The number of hydrogen-bond donors (Lipinski definition) is 1. The molecule has 7 nitrogen and oxygen atoms in total. The number of piperazine rings is 1. The van der Waals surface area contributed by atoms with Crippen LogP contribution in [0.25, 0.3) is 10.2 Å². The molecule has 2 unspecified atom stereocenters. The summed E-state index contributed by atoms with van der Waals surface area (Å²) in [5, 5.41) is 11.0. The van der Waals surface area contributed by atoms with Crippen molar-refractivity contribution in [3.8, 4) is 0 Å². The Morgan fingerprint density at radius 1 is 1.14 bits per heavy atom. The molecule has 2 aliphatic heterocycles. The number of ether oxygens (including phenoxy) is 1. The van der Waals surface area contributed by atoms with E-state index in [0.29, 0.717) is 6.04 Å². The molecule has 0 spiro atoms. The van der Waals surface area contributed by atoms with Crippen LogP contribution in [-0.2, 0) is 11.3 Å². The number of aromatic nitrogens is 2. The van der Waals surface area contributed by atoms with Gasteiger partial charge in [0.25, 0.3) is 0 Å². The Morgan fingerprint density at radius 3 is 2.59 bits per heavy atom. The highest BCUT2D eigenvalue weighted by Crippen LogP contribution is 2.36. The molecule has 0 aromatic carbocycles. The molecule has 2 atom stereocenters. The molecule has 160 valence electrons. The summed E-state index contributed by atoms with van der Waals surface area (Å²) in [7, 11) is 0. The summed E-state index contributed by atoms with van der Waals surface area (Å²) in [5.74, 6) is 2.00.